The summed E-state index contributed by atoms with van der Waals surface area (Å²) >= 11 is 0. The summed E-state index contributed by atoms with van der Waals surface area (Å²) in [4.78, 5) is 13.5. The monoisotopic (exact) mass is 276 g/mol. The van der Waals surface area contributed by atoms with Crippen LogP contribution < -0.4 is 5.32 Å². The molecule has 0 aromatic rings. The number of likely N-dealkylation sites (tertiary alicyclic amines) is 1. The van der Waals surface area contributed by atoms with Crippen LogP contribution in [0.5, 0.6) is 0 Å². The molecule has 0 aromatic heterocycles. The fourth-order valence-electron chi connectivity index (χ4n) is 2.13. The Kier molecular flexibility index (Phi) is 5.59. The molecule has 2 atom stereocenters. The predicted molar refractivity (Wildman–Crippen MR) is 72.2 cm³/mol. The normalized spacial score (nSPS) is 19.8. The summed E-state index contributed by atoms with van der Waals surface area (Å²) in [5, 5.41) is 2.54. The highest BCUT2D eigenvalue weighted by molar-refractivity contribution is 7.92. The van der Waals surface area contributed by atoms with E-state index in [0.717, 1.165) is 12.8 Å². The van der Waals surface area contributed by atoms with E-state index < -0.39 is 15.1 Å². The van der Waals surface area contributed by atoms with Gasteiger partial charge in [-0.1, -0.05) is 0 Å². The van der Waals surface area contributed by atoms with E-state index >= 15 is 0 Å². The van der Waals surface area contributed by atoms with Gasteiger partial charge in [-0.15, -0.1) is 0 Å². The zero-order valence-corrected chi connectivity index (χ0v) is 12.3. The highest BCUT2D eigenvalue weighted by atomic mass is 32.2. The maximum atomic E-state index is 12.1. The summed E-state index contributed by atoms with van der Waals surface area (Å²) in [6.45, 7) is 5.03. The number of hydrogen-bond donors (Lipinski definition) is 1. The van der Waals surface area contributed by atoms with E-state index in [1.165, 1.54) is 0 Å². The lowest BCUT2D eigenvalue weighted by Crippen LogP contribution is -2.38. The molecule has 1 fully saturated rings. The van der Waals surface area contributed by atoms with E-state index in [-0.39, 0.29) is 17.7 Å². The van der Waals surface area contributed by atoms with Crippen LogP contribution in [-0.4, -0.2) is 56.4 Å². The lowest BCUT2D eigenvalue weighted by molar-refractivity contribution is -0.127. The van der Waals surface area contributed by atoms with E-state index in [2.05, 4.69) is 5.32 Å². The van der Waals surface area contributed by atoms with Gasteiger partial charge in [0.15, 0.2) is 9.84 Å². The molecule has 6 heteroatoms. The quantitative estimate of drug-likeness (QED) is 0.763. The van der Waals surface area contributed by atoms with Gasteiger partial charge in [-0.05, 0) is 40.2 Å². The van der Waals surface area contributed by atoms with Crippen LogP contribution >= 0.6 is 0 Å². The van der Waals surface area contributed by atoms with Gasteiger partial charge in [0.05, 0.1) is 5.25 Å². The predicted octanol–water partition coefficient (Wildman–Crippen LogP) is 0.410. The summed E-state index contributed by atoms with van der Waals surface area (Å²) in [6, 6.07) is 0.136. The fourth-order valence-corrected chi connectivity index (χ4v) is 3.53. The van der Waals surface area contributed by atoms with Crippen LogP contribution in [0.3, 0.4) is 0 Å². The number of carbonyl (C=O) groups excluding carboxylic acids is 1. The Morgan fingerprint density at radius 2 is 1.83 bits per heavy atom. The molecule has 1 aliphatic rings. The SMILES string of the molecule is CNC(C)CC(C)S(=O)(=O)CC(=O)N1CCCC1. The average molecular weight is 276 g/mol. The molecule has 1 heterocycles. The second-order valence-corrected chi connectivity index (χ2v) is 7.55. The molecule has 106 valence electrons. The van der Waals surface area contributed by atoms with Crippen LogP contribution in [0.4, 0.5) is 0 Å². The molecule has 0 aliphatic carbocycles. The van der Waals surface area contributed by atoms with Crippen molar-refractivity contribution in [1.29, 1.82) is 0 Å². The van der Waals surface area contributed by atoms with Crippen LogP contribution in [0, 0.1) is 0 Å². The minimum Gasteiger partial charge on any atom is -0.342 e. The van der Waals surface area contributed by atoms with Gasteiger partial charge in [-0.25, -0.2) is 8.42 Å². The van der Waals surface area contributed by atoms with Gasteiger partial charge in [0, 0.05) is 19.1 Å². The van der Waals surface area contributed by atoms with E-state index in [9.17, 15) is 13.2 Å². The van der Waals surface area contributed by atoms with Gasteiger partial charge in [0.25, 0.3) is 0 Å². The third kappa shape index (κ3) is 4.24. The third-order valence-electron chi connectivity index (χ3n) is 3.57. The Morgan fingerprint density at radius 1 is 1.28 bits per heavy atom. The van der Waals surface area contributed by atoms with Gasteiger partial charge in [-0.3, -0.25) is 4.79 Å². The van der Waals surface area contributed by atoms with Crippen LogP contribution in [0.2, 0.25) is 0 Å². The average Bonchev–Trinajstić information content (AvgIpc) is 2.81. The summed E-state index contributed by atoms with van der Waals surface area (Å²) < 4.78 is 24.1. The maximum absolute atomic E-state index is 12.1. The van der Waals surface area contributed by atoms with Gasteiger partial charge in [0.1, 0.15) is 5.75 Å². The third-order valence-corrected chi connectivity index (χ3v) is 5.64. The number of carbonyl (C=O) groups is 1. The number of nitrogens with one attached hydrogen (secondary N) is 1. The second kappa shape index (κ2) is 6.52. The molecule has 0 bridgehead atoms. The van der Waals surface area contributed by atoms with Gasteiger partial charge in [0.2, 0.25) is 5.91 Å². The molecule has 0 saturated carbocycles. The Labute approximate surface area is 110 Å². The van der Waals surface area contributed by atoms with Crippen molar-refractivity contribution in [2.24, 2.45) is 0 Å². The lowest BCUT2D eigenvalue weighted by Gasteiger charge is -2.19. The summed E-state index contributed by atoms with van der Waals surface area (Å²) in [6.07, 6.45) is 2.50. The topological polar surface area (TPSA) is 66.5 Å². The van der Waals surface area contributed by atoms with E-state index in [1.807, 2.05) is 6.92 Å². The molecule has 0 radical (unpaired) electrons. The van der Waals surface area contributed by atoms with Crippen molar-refractivity contribution in [2.45, 2.75) is 44.4 Å². The van der Waals surface area contributed by atoms with Crippen molar-refractivity contribution in [2.75, 3.05) is 25.9 Å². The number of amides is 1. The summed E-state index contributed by atoms with van der Waals surface area (Å²) in [5.41, 5.74) is 0. The first-order valence-electron chi connectivity index (χ1n) is 6.53. The Hall–Kier alpha value is -0.620. The summed E-state index contributed by atoms with van der Waals surface area (Å²) in [7, 11) is -1.53. The standard InChI is InChI=1S/C12H24N2O3S/c1-10(13-3)8-11(2)18(16,17)9-12(15)14-6-4-5-7-14/h10-11,13H,4-9H2,1-3H3. The first kappa shape index (κ1) is 15.4. The molecular formula is C12H24N2O3S. The first-order valence-corrected chi connectivity index (χ1v) is 8.25. The van der Waals surface area contributed by atoms with E-state index in [1.54, 1.807) is 18.9 Å². The van der Waals surface area contributed by atoms with Crippen LogP contribution in [0.25, 0.3) is 0 Å². The molecule has 1 amide bonds. The highest BCUT2D eigenvalue weighted by Gasteiger charge is 2.28. The van der Waals surface area contributed by atoms with Gasteiger partial charge >= 0.3 is 0 Å². The van der Waals surface area contributed by atoms with Gasteiger partial charge in [-0.2, -0.15) is 0 Å². The zero-order chi connectivity index (χ0) is 13.8. The maximum Gasteiger partial charge on any atom is 0.237 e. The Balaban J connectivity index is 2.55. The van der Waals surface area contributed by atoms with Crippen molar-refractivity contribution >= 4 is 15.7 Å². The van der Waals surface area contributed by atoms with Crippen molar-refractivity contribution < 1.29 is 13.2 Å². The number of nitrogens with zero attached hydrogens (tertiary/aromatic N) is 1. The molecule has 1 saturated heterocycles. The zero-order valence-electron chi connectivity index (χ0n) is 11.5. The number of hydrogen-bond acceptors (Lipinski definition) is 4. The molecule has 0 spiro atoms. The van der Waals surface area contributed by atoms with Crippen LogP contribution in [-0.2, 0) is 14.6 Å². The largest absolute Gasteiger partial charge is 0.342 e. The molecular weight excluding hydrogens is 252 g/mol. The highest BCUT2D eigenvalue weighted by Crippen LogP contribution is 2.13. The Morgan fingerprint density at radius 3 is 2.33 bits per heavy atom. The van der Waals surface area contributed by atoms with E-state index in [4.69, 9.17) is 0 Å². The van der Waals surface area contributed by atoms with Gasteiger partial charge < -0.3 is 10.2 Å². The van der Waals surface area contributed by atoms with E-state index in [0.29, 0.717) is 19.5 Å². The van der Waals surface area contributed by atoms with Crippen LogP contribution in [0.15, 0.2) is 0 Å². The number of rotatable bonds is 6. The second-order valence-electron chi connectivity index (χ2n) is 5.13. The smallest absolute Gasteiger partial charge is 0.237 e. The fraction of sp³-hybridized carbons (Fsp3) is 0.917. The Bertz CT molecular complexity index is 375. The number of sulfone groups is 1. The van der Waals surface area contributed by atoms with Crippen LogP contribution in [0.1, 0.15) is 33.1 Å². The molecule has 1 rings (SSSR count). The minimum atomic E-state index is -3.33. The molecule has 5 nitrogen and oxygen atoms in total. The minimum absolute atomic E-state index is 0.136. The summed E-state index contributed by atoms with van der Waals surface area (Å²) in [5.74, 6) is -0.582. The molecule has 1 aliphatic heterocycles. The molecule has 0 aromatic carbocycles. The first-order chi connectivity index (χ1) is 8.36. The molecule has 2 unspecified atom stereocenters. The molecule has 18 heavy (non-hydrogen) atoms. The molecule has 1 N–H and O–H groups in total. The van der Waals surface area contributed by atoms with Crippen molar-refractivity contribution in [1.82, 2.24) is 10.2 Å². The van der Waals surface area contributed by atoms with Crippen molar-refractivity contribution in [3.8, 4) is 0 Å². The van der Waals surface area contributed by atoms with Crippen molar-refractivity contribution in [3.05, 3.63) is 0 Å². The van der Waals surface area contributed by atoms with Crippen molar-refractivity contribution in [3.63, 3.8) is 0 Å². The lowest BCUT2D eigenvalue weighted by atomic mass is 10.2.